The first-order valence-corrected chi connectivity index (χ1v) is 3.24. The van der Waals surface area contributed by atoms with Crippen molar-refractivity contribution in [2.45, 2.75) is 6.00 Å². The molecule has 1 heterocycles. The third-order valence-corrected chi connectivity index (χ3v) is 1.38. The minimum Gasteiger partial charge on any atom is -0.311 e. The van der Waals surface area contributed by atoms with Crippen molar-refractivity contribution in [1.29, 1.82) is 0 Å². The van der Waals surface area contributed by atoms with Gasteiger partial charge in [0.05, 0.1) is 0 Å². The molecule has 11 heavy (non-hydrogen) atoms. The Balaban J connectivity index is 3.55. The van der Waals surface area contributed by atoms with Gasteiger partial charge in [-0.2, -0.15) is 4.39 Å². The SMILES string of the molecule is O=c1[nH]cc(F)c(=O)n1CCl. The molecule has 0 aromatic carbocycles. The number of hydrogen-bond donors (Lipinski definition) is 1. The average molecular weight is 179 g/mol. The quantitative estimate of drug-likeness (QED) is 0.610. The van der Waals surface area contributed by atoms with Crippen LogP contribution in [0.5, 0.6) is 0 Å². The van der Waals surface area contributed by atoms with E-state index in [-0.39, 0.29) is 6.00 Å². The topological polar surface area (TPSA) is 54.9 Å². The van der Waals surface area contributed by atoms with E-state index in [1.165, 1.54) is 0 Å². The normalized spacial score (nSPS) is 10.0. The maximum absolute atomic E-state index is 12.4. The van der Waals surface area contributed by atoms with E-state index in [0.717, 1.165) is 0 Å². The highest BCUT2D eigenvalue weighted by atomic mass is 35.5. The van der Waals surface area contributed by atoms with Crippen molar-refractivity contribution in [2.75, 3.05) is 0 Å². The van der Waals surface area contributed by atoms with Crippen LogP contribution in [0.3, 0.4) is 0 Å². The molecule has 0 aliphatic carbocycles. The number of alkyl halides is 1. The summed E-state index contributed by atoms with van der Waals surface area (Å²) >= 11 is 5.19. The maximum Gasteiger partial charge on any atom is 0.329 e. The van der Waals surface area contributed by atoms with Gasteiger partial charge in [0.1, 0.15) is 6.00 Å². The molecule has 0 amide bonds. The Bertz CT molecular complexity index is 369. The summed E-state index contributed by atoms with van der Waals surface area (Å²) < 4.78 is 12.9. The fraction of sp³-hybridized carbons (Fsp3) is 0.200. The second-order valence-corrected chi connectivity index (χ2v) is 2.03. The van der Waals surface area contributed by atoms with Crippen molar-refractivity contribution in [3.63, 3.8) is 0 Å². The van der Waals surface area contributed by atoms with Gasteiger partial charge in [-0.05, 0) is 0 Å². The Morgan fingerprint density at radius 1 is 1.64 bits per heavy atom. The minimum absolute atomic E-state index is 0.355. The molecule has 0 saturated carbocycles. The number of nitrogens with one attached hydrogen (secondary N) is 1. The first-order valence-electron chi connectivity index (χ1n) is 2.71. The number of aromatic nitrogens is 2. The number of H-pyrrole nitrogens is 1. The Morgan fingerprint density at radius 2 is 2.27 bits per heavy atom. The molecular formula is C5H4ClFN2O2. The van der Waals surface area contributed by atoms with Crippen LogP contribution in [0.15, 0.2) is 15.8 Å². The van der Waals surface area contributed by atoms with E-state index >= 15 is 0 Å². The Labute approximate surface area is 65.2 Å². The third-order valence-electron chi connectivity index (χ3n) is 1.14. The lowest BCUT2D eigenvalue weighted by Gasteiger charge is -1.95. The van der Waals surface area contributed by atoms with E-state index in [0.29, 0.717) is 10.8 Å². The maximum atomic E-state index is 12.4. The highest BCUT2D eigenvalue weighted by Crippen LogP contribution is 1.82. The van der Waals surface area contributed by atoms with E-state index in [1.54, 1.807) is 0 Å². The van der Waals surface area contributed by atoms with Crippen LogP contribution < -0.4 is 11.2 Å². The number of rotatable bonds is 1. The van der Waals surface area contributed by atoms with Gasteiger partial charge in [-0.1, -0.05) is 0 Å². The Hall–Kier alpha value is -1.10. The molecule has 1 rings (SSSR count). The molecule has 0 fully saturated rings. The van der Waals surface area contributed by atoms with Crippen molar-refractivity contribution in [2.24, 2.45) is 0 Å². The summed E-state index contributed by atoms with van der Waals surface area (Å²) in [6.45, 7) is 0. The van der Waals surface area contributed by atoms with Crippen LogP contribution in [0.2, 0.25) is 0 Å². The van der Waals surface area contributed by atoms with Crippen LogP contribution in [-0.4, -0.2) is 9.55 Å². The molecule has 6 heteroatoms. The monoisotopic (exact) mass is 178 g/mol. The van der Waals surface area contributed by atoms with Crippen molar-refractivity contribution in [1.82, 2.24) is 9.55 Å². The predicted molar refractivity (Wildman–Crippen MR) is 37.1 cm³/mol. The molecule has 1 aromatic heterocycles. The van der Waals surface area contributed by atoms with Gasteiger partial charge in [-0.15, -0.1) is 11.6 Å². The zero-order valence-electron chi connectivity index (χ0n) is 5.30. The van der Waals surface area contributed by atoms with Gasteiger partial charge in [0, 0.05) is 6.20 Å². The van der Waals surface area contributed by atoms with Gasteiger partial charge in [-0.3, -0.25) is 4.79 Å². The zero-order valence-corrected chi connectivity index (χ0v) is 6.06. The zero-order chi connectivity index (χ0) is 8.43. The first-order chi connectivity index (χ1) is 5.16. The molecule has 0 atom stereocenters. The van der Waals surface area contributed by atoms with Gasteiger partial charge in [0.2, 0.25) is 5.82 Å². The minimum atomic E-state index is -1.02. The first kappa shape index (κ1) is 8.00. The van der Waals surface area contributed by atoms with Gasteiger partial charge in [0.15, 0.2) is 0 Å². The van der Waals surface area contributed by atoms with Crippen LogP contribution in [0.4, 0.5) is 4.39 Å². The number of halogens is 2. The van der Waals surface area contributed by atoms with Crippen LogP contribution in [0.1, 0.15) is 0 Å². The van der Waals surface area contributed by atoms with E-state index < -0.39 is 17.1 Å². The lowest BCUT2D eigenvalue weighted by molar-refractivity contribution is 0.567. The highest BCUT2D eigenvalue weighted by Gasteiger charge is 2.03. The summed E-state index contributed by atoms with van der Waals surface area (Å²) in [5.74, 6) is -1.02. The number of hydrogen-bond acceptors (Lipinski definition) is 2. The molecule has 0 bridgehead atoms. The second kappa shape index (κ2) is 2.87. The number of aromatic amines is 1. The number of nitrogens with zero attached hydrogens (tertiary/aromatic N) is 1. The fourth-order valence-corrected chi connectivity index (χ4v) is 0.812. The van der Waals surface area contributed by atoms with Crippen molar-refractivity contribution < 1.29 is 4.39 Å². The predicted octanol–water partition coefficient (Wildman–Crippen LogP) is -0.128. The summed E-state index contributed by atoms with van der Waals surface area (Å²) in [5.41, 5.74) is -1.73. The molecule has 0 aliphatic rings. The Kier molecular flexibility index (Phi) is 2.09. The molecule has 0 aliphatic heterocycles. The molecular weight excluding hydrogens is 175 g/mol. The summed E-state index contributed by atoms with van der Waals surface area (Å²) in [5, 5.41) is 0. The Morgan fingerprint density at radius 3 is 2.73 bits per heavy atom. The summed E-state index contributed by atoms with van der Waals surface area (Å²) in [4.78, 5) is 23.4. The van der Waals surface area contributed by atoms with Gasteiger partial charge in [0.25, 0.3) is 5.56 Å². The van der Waals surface area contributed by atoms with Gasteiger partial charge < -0.3 is 4.98 Å². The van der Waals surface area contributed by atoms with E-state index in [2.05, 4.69) is 0 Å². The van der Waals surface area contributed by atoms with E-state index in [1.807, 2.05) is 4.98 Å². The van der Waals surface area contributed by atoms with E-state index in [4.69, 9.17) is 11.6 Å². The molecule has 0 radical (unpaired) electrons. The standard InChI is InChI=1S/C5H4ClFN2O2/c6-2-9-4(10)3(7)1-8-5(9)11/h1H,2H2,(H,8,11). The van der Waals surface area contributed by atoms with Gasteiger partial charge >= 0.3 is 5.69 Å². The molecule has 1 N–H and O–H groups in total. The lowest BCUT2D eigenvalue weighted by atomic mass is 10.6. The van der Waals surface area contributed by atoms with Crippen LogP contribution in [0, 0.1) is 5.82 Å². The van der Waals surface area contributed by atoms with Crippen LogP contribution in [0.25, 0.3) is 0 Å². The van der Waals surface area contributed by atoms with Crippen molar-refractivity contribution in [3.05, 3.63) is 32.9 Å². The fourth-order valence-electron chi connectivity index (χ4n) is 0.594. The van der Waals surface area contributed by atoms with Crippen molar-refractivity contribution in [3.8, 4) is 0 Å². The largest absolute Gasteiger partial charge is 0.329 e. The summed E-state index contributed by atoms with van der Waals surface area (Å²) in [6, 6.07) is -0.355. The summed E-state index contributed by atoms with van der Waals surface area (Å²) in [7, 11) is 0. The second-order valence-electron chi connectivity index (χ2n) is 1.79. The smallest absolute Gasteiger partial charge is 0.311 e. The van der Waals surface area contributed by atoms with E-state index in [9.17, 15) is 14.0 Å². The van der Waals surface area contributed by atoms with Crippen LogP contribution >= 0.6 is 11.6 Å². The molecule has 4 nitrogen and oxygen atoms in total. The highest BCUT2D eigenvalue weighted by molar-refractivity contribution is 6.15. The van der Waals surface area contributed by atoms with Gasteiger partial charge in [-0.25, -0.2) is 9.36 Å². The lowest BCUT2D eigenvalue weighted by Crippen LogP contribution is -2.35. The molecule has 60 valence electrons. The summed E-state index contributed by atoms with van der Waals surface area (Å²) in [6.07, 6.45) is 0.702. The third kappa shape index (κ3) is 1.32. The van der Waals surface area contributed by atoms with Crippen molar-refractivity contribution >= 4 is 11.6 Å². The van der Waals surface area contributed by atoms with Crippen LogP contribution in [-0.2, 0) is 6.00 Å². The molecule has 0 unspecified atom stereocenters. The average Bonchev–Trinajstić information content (AvgIpc) is 1.99. The molecule has 0 saturated heterocycles. The molecule has 1 aromatic rings. The molecule has 0 spiro atoms.